The van der Waals surface area contributed by atoms with E-state index < -0.39 is 0 Å². The van der Waals surface area contributed by atoms with Crippen molar-refractivity contribution < 1.29 is 9.53 Å². The van der Waals surface area contributed by atoms with Gasteiger partial charge in [-0.3, -0.25) is 4.79 Å². The summed E-state index contributed by atoms with van der Waals surface area (Å²) in [5.74, 6) is 0.462. The molecule has 0 saturated heterocycles. The van der Waals surface area contributed by atoms with Gasteiger partial charge in [-0.15, -0.1) is 0 Å². The number of carbonyl (C=O) groups is 1. The van der Waals surface area contributed by atoms with Gasteiger partial charge in [-0.05, 0) is 37.5 Å². The summed E-state index contributed by atoms with van der Waals surface area (Å²) in [6.45, 7) is 9.79. The number of benzene rings is 1. The number of hydrogen-bond donors (Lipinski definition) is 0. The lowest BCUT2D eigenvalue weighted by Gasteiger charge is -2.34. The average Bonchev–Trinajstić information content (AvgIpc) is 2.24. The zero-order valence-electron chi connectivity index (χ0n) is 11.5. The van der Waals surface area contributed by atoms with Gasteiger partial charge >= 0.3 is 5.97 Å². The van der Waals surface area contributed by atoms with Gasteiger partial charge in [0, 0.05) is 11.0 Å². The highest BCUT2D eigenvalue weighted by Crippen LogP contribution is 2.45. The Morgan fingerprint density at radius 2 is 1.78 bits per heavy atom. The summed E-state index contributed by atoms with van der Waals surface area (Å²) in [5.41, 5.74) is 4.17. The first kappa shape index (κ1) is 12.6. The molecule has 1 aromatic carbocycles. The second-order valence-corrected chi connectivity index (χ2v) is 5.60. The number of fused-ring (bicyclic) bond motifs is 1. The van der Waals surface area contributed by atoms with E-state index in [0.717, 1.165) is 22.3 Å². The minimum absolute atomic E-state index is 0.195. The zero-order chi connectivity index (χ0) is 13.7. The topological polar surface area (TPSA) is 50.1 Å². The average molecular weight is 243 g/mol. The van der Waals surface area contributed by atoms with Crippen molar-refractivity contribution in [3.8, 4) is 11.8 Å². The van der Waals surface area contributed by atoms with Gasteiger partial charge in [-0.1, -0.05) is 13.8 Å². The lowest BCUT2D eigenvalue weighted by molar-refractivity contribution is -0.137. The van der Waals surface area contributed by atoms with Crippen LogP contribution in [0, 0.1) is 32.1 Å². The van der Waals surface area contributed by atoms with E-state index in [0.29, 0.717) is 17.7 Å². The molecule has 94 valence electrons. The van der Waals surface area contributed by atoms with Gasteiger partial charge in [0.2, 0.25) is 0 Å². The summed E-state index contributed by atoms with van der Waals surface area (Å²) >= 11 is 0. The van der Waals surface area contributed by atoms with Crippen molar-refractivity contribution in [3.63, 3.8) is 0 Å². The molecule has 2 rings (SSSR count). The number of hydrogen-bond acceptors (Lipinski definition) is 3. The van der Waals surface area contributed by atoms with E-state index in [2.05, 4.69) is 6.07 Å². The highest BCUT2D eigenvalue weighted by Gasteiger charge is 2.37. The number of ether oxygens (including phenoxy) is 1. The van der Waals surface area contributed by atoms with Gasteiger partial charge in [0.1, 0.15) is 5.75 Å². The Hall–Kier alpha value is -1.82. The second kappa shape index (κ2) is 3.84. The van der Waals surface area contributed by atoms with Crippen LogP contribution in [-0.2, 0) is 10.2 Å². The van der Waals surface area contributed by atoms with E-state index in [1.54, 1.807) is 0 Å². The SMILES string of the molecule is Cc1c(C)c2c(c(C)c1C#N)C(C)(C)CC(=O)O2. The van der Waals surface area contributed by atoms with Crippen molar-refractivity contribution in [3.05, 3.63) is 27.8 Å². The van der Waals surface area contributed by atoms with E-state index in [4.69, 9.17) is 4.74 Å². The minimum Gasteiger partial charge on any atom is -0.426 e. The fourth-order valence-electron chi connectivity index (χ4n) is 2.83. The summed E-state index contributed by atoms with van der Waals surface area (Å²) in [5, 5.41) is 9.29. The van der Waals surface area contributed by atoms with Crippen LogP contribution in [-0.4, -0.2) is 5.97 Å². The molecule has 1 aromatic rings. The number of rotatable bonds is 0. The summed E-state index contributed by atoms with van der Waals surface area (Å²) in [6.07, 6.45) is 0.355. The van der Waals surface area contributed by atoms with Crippen LogP contribution in [0.2, 0.25) is 0 Å². The van der Waals surface area contributed by atoms with Gasteiger partial charge < -0.3 is 4.74 Å². The number of nitrogens with zero attached hydrogens (tertiary/aromatic N) is 1. The van der Waals surface area contributed by atoms with Crippen LogP contribution in [0.3, 0.4) is 0 Å². The number of esters is 1. The van der Waals surface area contributed by atoms with Gasteiger partial charge in [-0.2, -0.15) is 5.26 Å². The maximum absolute atomic E-state index is 11.7. The summed E-state index contributed by atoms with van der Waals surface area (Å²) in [6, 6.07) is 2.26. The fraction of sp³-hybridized carbons (Fsp3) is 0.467. The highest BCUT2D eigenvalue weighted by atomic mass is 16.5. The van der Waals surface area contributed by atoms with Gasteiger partial charge in [-0.25, -0.2) is 0 Å². The lowest BCUT2D eigenvalue weighted by atomic mass is 9.74. The Kier molecular flexibility index (Phi) is 2.70. The van der Waals surface area contributed by atoms with Crippen LogP contribution in [0.15, 0.2) is 0 Å². The van der Waals surface area contributed by atoms with Crippen molar-refractivity contribution in [1.29, 1.82) is 5.26 Å². The van der Waals surface area contributed by atoms with Crippen LogP contribution in [0.4, 0.5) is 0 Å². The highest BCUT2D eigenvalue weighted by molar-refractivity contribution is 5.80. The molecule has 18 heavy (non-hydrogen) atoms. The molecular weight excluding hydrogens is 226 g/mol. The number of carbonyl (C=O) groups excluding carboxylic acids is 1. The van der Waals surface area contributed by atoms with Crippen molar-refractivity contribution in [2.24, 2.45) is 0 Å². The van der Waals surface area contributed by atoms with Gasteiger partial charge in [0.15, 0.2) is 0 Å². The summed E-state index contributed by atoms with van der Waals surface area (Å²) < 4.78 is 5.41. The van der Waals surface area contributed by atoms with E-state index in [1.165, 1.54) is 0 Å². The van der Waals surface area contributed by atoms with E-state index >= 15 is 0 Å². The Bertz CT molecular complexity index is 592. The first-order valence-corrected chi connectivity index (χ1v) is 6.04. The molecule has 0 amide bonds. The van der Waals surface area contributed by atoms with Crippen LogP contribution in [0.1, 0.15) is 48.1 Å². The molecule has 0 saturated carbocycles. The third kappa shape index (κ3) is 1.60. The lowest BCUT2D eigenvalue weighted by Crippen LogP contribution is -2.32. The van der Waals surface area contributed by atoms with Crippen molar-refractivity contribution >= 4 is 5.97 Å². The predicted octanol–water partition coefficient (Wildman–Crippen LogP) is 3.07. The largest absolute Gasteiger partial charge is 0.426 e. The smallest absolute Gasteiger partial charge is 0.312 e. The standard InChI is InChI=1S/C15H17NO2/c1-8-9(2)14-13(10(3)11(8)7-16)15(4,5)6-12(17)18-14/h6H2,1-5H3. The quantitative estimate of drug-likeness (QED) is 0.519. The van der Waals surface area contributed by atoms with Crippen LogP contribution < -0.4 is 4.74 Å². The monoisotopic (exact) mass is 243 g/mol. The van der Waals surface area contributed by atoms with Gasteiger partial charge in [0.25, 0.3) is 0 Å². The molecule has 3 nitrogen and oxygen atoms in total. The van der Waals surface area contributed by atoms with Crippen molar-refractivity contribution in [2.75, 3.05) is 0 Å². The third-order valence-electron chi connectivity index (χ3n) is 3.85. The molecular formula is C15H17NO2. The first-order chi connectivity index (χ1) is 8.29. The second-order valence-electron chi connectivity index (χ2n) is 5.60. The Labute approximate surface area is 107 Å². The molecule has 0 fully saturated rings. The van der Waals surface area contributed by atoms with Gasteiger partial charge in [0.05, 0.1) is 18.1 Å². The summed E-state index contributed by atoms with van der Waals surface area (Å²) in [7, 11) is 0. The molecule has 0 spiro atoms. The molecule has 1 aliphatic heterocycles. The third-order valence-corrected chi connectivity index (χ3v) is 3.85. The van der Waals surface area contributed by atoms with E-state index in [-0.39, 0.29) is 11.4 Å². The number of nitriles is 1. The molecule has 0 aliphatic carbocycles. The molecule has 0 N–H and O–H groups in total. The maximum atomic E-state index is 11.7. The summed E-state index contributed by atoms with van der Waals surface area (Å²) in [4.78, 5) is 11.7. The molecule has 0 aromatic heterocycles. The molecule has 0 radical (unpaired) electrons. The Morgan fingerprint density at radius 3 is 2.33 bits per heavy atom. The van der Waals surface area contributed by atoms with Crippen LogP contribution in [0.5, 0.6) is 5.75 Å². The predicted molar refractivity (Wildman–Crippen MR) is 68.6 cm³/mol. The molecule has 0 unspecified atom stereocenters. The first-order valence-electron chi connectivity index (χ1n) is 6.04. The molecule has 3 heteroatoms. The zero-order valence-corrected chi connectivity index (χ0v) is 11.5. The molecule has 0 bridgehead atoms. The Balaban J connectivity index is 2.89. The minimum atomic E-state index is -0.279. The van der Waals surface area contributed by atoms with Crippen molar-refractivity contribution in [2.45, 2.75) is 46.5 Å². The molecule has 1 aliphatic rings. The van der Waals surface area contributed by atoms with E-state index in [9.17, 15) is 10.1 Å². The Morgan fingerprint density at radius 1 is 1.17 bits per heavy atom. The molecule has 0 atom stereocenters. The maximum Gasteiger partial charge on any atom is 0.312 e. The normalized spacial score (nSPS) is 16.8. The van der Waals surface area contributed by atoms with Crippen LogP contribution in [0.25, 0.3) is 0 Å². The van der Waals surface area contributed by atoms with E-state index in [1.807, 2.05) is 34.6 Å². The van der Waals surface area contributed by atoms with Crippen LogP contribution >= 0.6 is 0 Å². The molecule has 1 heterocycles. The fourth-order valence-corrected chi connectivity index (χ4v) is 2.83. The van der Waals surface area contributed by atoms with Crippen molar-refractivity contribution in [1.82, 2.24) is 0 Å².